The summed E-state index contributed by atoms with van der Waals surface area (Å²) in [6, 6.07) is 0. The van der Waals surface area contributed by atoms with E-state index >= 15 is 0 Å². The maximum atomic E-state index is 11.5. The van der Waals surface area contributed by atoms with Crippen LogP contribution >= 0.6 is 0 Å². The lowest BCUT2D eigenvalue weighted by Crippen LogP contribution is -2.31. The van der Waals surface area contributed by atoms with Gasteiger partial charge in [-0.25, -0.2) is 0 Å². The van der Waals surface area contributed by atoms with Gasteiger partial charge in [-0.15, -0.1) is 0 Å². The van der Waals surface area contributed by atoms with Crippen molar-refractivity contribution in [1.82, 2.24) is 4.90 Å². The summed E-state index contributed by atoms with van der Waals surface area (Å²) < 4.78 is 0. The predicted octanol–water partition coefficient (Wildman–Crippen LogP) is 2.35. The lowest BCUT2D eigenvalue weighted by molar-refractivity contribution is -0.130. The van der Waals surface area contributed by atoms with Crippen LogP contribution in [0.5, 0.6) is 0 Å². The Labute approximate surface area is 74.9 Å². The number of hydrogen-bond acceptors (Lipinski definition) is 1. The molecule has 2 heteroatoms. The van der Waals surface area contributed by atoms with Crippen LogP contribution in [-0.4, -0.2) is 17.4 Å². The third-order valence-corrected chi connectivity index (χ3v) is 2.27. The molecule has 0 N–H and O–H groups in total. The van der Waals surface area contributed by atoms with Crippen LogP contribution in [0.3, 0.4) is 0 Å². The minimum absolute atomic E-state index is 0.316. The number of unbranched alkanes of at least 4 members (excludes halogenated alkanes) is 1. The Balaban J connectivity index is 2.20. The summed E-state index contributed by atoms with van der Waals surface area (Å²) in [6.07, 6.45) is 6.37. The molecule has 0 saturated carbocycles. The molecule has 1 rings (SSSR count). The van der Waals surface area contributed by atoms with E-state index in [0.717, 1.165) is 32.2 Å². The number of piperidine rings is 1. The summed E-state index contributed by atoms with van der Waals surface area (Å²) in [5, 5.41) is 0. The van der Waals surface area contributed by atoms with Crippen LogP contribution in [0.1, 0.15) is 45.4 Å². The smallest absolute Gasteiger partial charge is 0.222 e. The average Bonchev–Trinajstić information content (AvgIpc) is 2.15. The lowest BCUT2D eigenvalue weighted by Gasteiger charge is -2.26. The maximum Gasteiger partial charge on any atom is 0.222 e. The van der Waals surface area contributed by atoms with E-state index < -0.39 is 0 Å². The molecule has 1 heterocycles. The summed E-state index contributed by atoms with van der Waals surface area (Å²) >= 11 is 0. The fourth-order valence-electron chi connectivity index (χ4n) is 1.46. The molecule has 1 saturated heterocycles. The highest BCUT2D eigenvalue weighted by atomic mass is 16.2. The van der Waals surface area contributed by atoms with Gasteiger partial charge in [0.25, 0.3) is 0 Å². The zero-order valence-electron chi connectivity index (χ0n) is 7.88. The number of carbonyl (C=O) groups excluding carboxylic acids is 1. The quantitative estimate of drug-likeness (QED) is 0.633. The molecule has 0 atom stereocenters. The van der Waals surface area contributed by atoms with Gasteiger partial charge in [0.15, 0.2) is 0 Å². The van der Waals surface area contributed by atoms with Crippen LogP contribution in [-0.2, 0) is 4.79 Å². The highest BCUT2D eigenvalue weighted by Gasteiger charge is 2.15. The van der Waals surface area contributed by atoms with Crippen molar-refractivity contribution in [2.24, 2.45) is 0 Å². The molecule has 1 aliphatic heterocycles. The minimum Gasteiger partial charge on any atom is -0.338 e. The van der Waals surface area contributed by atoms with E-state index in [0.29, 0.717) is 5.91 Å². The lowest BCUT2D eigenvalue weighted by atomic mass is 10.1. The predicted molar refractivity (Wildman–Crippen MR) is 49.4 cm³/mol. The Morgan fingerprint density at radius 2 is 2.33 bits per heavy atom. The zero-order valence-corrected chi connectivity index (χ0v) is 7.88. The molecule has 1 fully saturated rings. The molecular weight excluding hydrogens is 150 g/mol. The Hall–Kier alpha value is -0.530. The van der Waals surface area contributed by atoms with Crippen molar-refractivity contribution in [3.05, 3.63) is 6.54 Å². The first-order valence-electron chi connectivity index (χ1n) is 4.97. The molecule has 0 aromatic carbocycles. The second-order valence-electron chi connectivity index (χ2n) is 3.37. The van der Waals surface area contributed by atoms with Gasteiger partial charge < -0.3 is 4.90 Å². The molecule has 2 nitrogen and oxygen atoms in total. The van der Waals surface area contributed by atoms with Gasteiger partial charge in [0.05, 0.1) is 6.54 Å². The van der Waals surface area contributed by atoms with Crippen LogP contribution in [0.15, 0.2) is 0 Å². The second kappa shape index (κ2) is 5.18. The van der Waals surface area contributed by atoms with Crippen LogP contribution < -0.4 is 0 Å². The molecule has 69 valence electrons. The van der Waals surface area contributed by atoms with E-state index in [1.165, 1.54) is 12.8 Å². The summed E-state index contributed by atoms with van der Waals surface area (Å²) in [4.78, 5) is 13.4. The van der Waals surface area contributed by atoms with Crippen molar-refractivity contribution < 1.29 is 4.79 Å². The molecule has 0 bridgehead atoms. The van der Waals surface area contributed by atoms with E-state index in [4.69, 9.17) is 0 Å². The van der Waals surface area contributed by atoms with Gasteiger partial charge >= 0.3 is 0 Å². The first-order valence-corrected chi connectivity index (χ1v) is 4.97. The normalized spacial score (nSPS) is 17.9. The van der Waals surface area contributed by atoms with Gasteiger partial charge in [0.2, 0.25) is 5.91 Å². The van der Waals surface area contributed by atoms with E-state index in [2.05, 4.69) is 13.5 Å². The first-order chi connectivity index (χ1) is 5.84. The fraction of sp³-hybridized carbons (Fsp3) is 0.800. The van der Waals surface area contributed by atoms with Crippen molar-refractivity contribution >= 4 is 5.91 Å². The van der Waals surface area contributed by atoms with Gasteiger partial charge in [-0.05, 0) is 25.7 Å². The zero-order chi connectivity index (χ0) is 8.81. The van der Waals surface area contributed by atoms with E-state index in [1.807, 2.05) is 4.90 Å². The molecule has 12 heavy (non-hydrogen) atoms. The highest BCUT2D eigenvalue weighted by Crippen LogP contribution is 2.14. The van der Waals surface area contributed by atoms with Gasteiger partial charge in [0.1, 0.15) is 0 Å². The molecule has 1 amide bonds. The van der Waals surface area contributed by atoms with E-state index in [9.17, 15) is 4.79 Å². The number of carbonyl (C=O) groups is 1. The summed E-state index contributed by atoms with van der Waals surface area (Å²) in [7, 11) is 0. The minimum atomic E-state index is 0.316. The number of hydrogen-bond donors (Lipinski definition) is 0. The Kier molecular flexibility index (Phi) is 4.12. The summed E-state index contributed by atoms with van der Waals surface area (Å²) in [5.74, 6) is 0.316. The average molecular weight is 168 g/mol. The standard InChI is InChI=1S/C10H18NO/c1-2-3-7-10(12)11-8-5-4-6-9-11/h8H,2-7,9H2,1H3. The molecule has 0 unspecified atom stereocenters. The van der Waals surface area contributed by atoms with Crippen LogP contribution in [0.4, 0.5) is 0 Å². The van der Waals surface area contributed by atoms with Crippen LogP contribution in [0.2, 0.25) is 0 Å². The monoisotopic (exact) mass is 168 g/mol. The molecule has 1 aliphatic rings. The molecule has 1 radical (unpaired) electrons. The number of amides is 1. The van der Waals surface area contributed by atoms with Crippen LogP contribution in [0, 0.1) is 6.54 Å². The van der Waals surface area contributed by atoms with Crippen LogP contribution in [0.25, 0.3) is 0 Å². The van der Waals surface area contributed by atoms with Crippen molar-refractivity contribution in [2.45, 2.75) is 45.4 Å². The Morgan fingerprint density at radius 1 is 1.50 bits per heavy atom. The van der Waals surface area contributed by atoms with Gasteiger partial charge in [-0.2, -0.15) is 0 Å². The van der Waals surface area contributed by atoms with Crippen molar-refractivity contribution in [2.75, 3.05) is 6.54 Å². The largest absolute Gasteiger partial charge is 0.338 e. The van der Waals surface area contributed by atoms with E-state index in [-0.39, 0.29) is 0 Å². The molecule has 0 aliphatic carbocycles. The molecule has 0 aromatic heterocycles. The second-order valence-corrected chi connectivity index (χ2v) is 3.37. The Morgan fingerprint density at radius 3 is 2.92 bits per heavy atom. The maximum absolute atomic E-state index is 11.5. The number of rotatable bonds is 3. The number of nitrogens with zero attached hydrogens (tertiary/aromatic N) is 1. The number of likely N-dealkylation sites (tertiary alicyclic amines) is 1. The van der Waals surface area contributed by atoms with Crippen molar-refractivity contribution in [3.63, 3.8) is 0 Å². The molecule has 0 spiro atoms. The topological polar surface area (TPSA) is 20.3 Å². The van der Waals surface area contributed by atoms with Crippen molar-refractivity contribution in [3.8, 4) is 0 Å². The van der Waals surface area contributed by atoms with Gasteiger partial charge in [-0.3, -0.25) is 4.79 Å². The van der Waals surface area contributed by atoms with Gasteiger partial charge in [0, 0.05) is 13.0 Å². The summed E-state index contributed by atoms with van der Waals surface area (Å²) in [6.45, 7) is 5.12. The Bertz CT molecular complexity index is 139. The third kappa shape index (κ3) is 2.84. The summed E-state index contributed by atoms with van der Waals surface area (Å²) in [5.41, 5.74) is 0. The van der Waals surface area contributed by atoms with Gasteiger partial charge in [-0.1, -0.05) is 13.3 Å². The SMILES string of the molecule is CCCCC(=O)N1[CH]CCCC1. The fourth-order valence-corrected chi connectivity index (χ4v) is 1.46. The van der Waals surface area contributed by atoms with E-state index in [1.54, 1.807) is 0 Å². The molecular formula is C10H18NO. The first kappa shape index (κ1) is 9.56. The highest BCUT2D eigenvalue weighted by molar-refractivity contribution is 5.76. The molecule has 0 aromatic rings. The third-order valence-electron chi connectivity index (χ3n) is 2.27. The van der Waals surface area contributed by atoms with Crippen molar-refractivity contribution in [1.29, 1.82) is 0 Å².